The molecule has 0 radical (unpaired) electrons. The molecule has 0 spiro atoms. The summed E-state index contributed by atoms with van der Waals surface area (Å²) in [6.07, 6.45) is 5.24. The van der Waals surface area contributed by atoms with Crippen molar-refractivity contribution >= 4 is 17.4 Å². The highest BCUT2D eigenvalue weighted by Gasteiger charge is 2.17. The predicted octanol–water partition coefficient (Wildman–Crippen LogP) is 3.05. The van der Waals surface area contributed by atoms with E-state index in [1.807, 2.05) is 0 Å². The number of anilines is 2. The van der Waals surface area contributed by atoms with Crippen molar-refractivity contribution in [3.05, 3.63) is 46.9 Å². The third-order valence-electron chi connectivity index (χ3n) is 4.33. The highest BCUT2D eigenvalue weighted by atomic mass is 16.5. The van der Waals surface area contributed by atoms with E-state index in [1.165, 1.54) is 11.8 Å². The quantitative estimate of drug-likeness (QED) is 0.875. The zero-order valence-corrected chi connectivity index (χ0v) is 14.9. The van der Waals surface area contributed by atoms with Crippen LogP contribution in [0.3, 0.4) is 0 Å². The summed E-state index contributed by atoms with van der Waals surface area (Å²) >= 11 is 0. The van der Waals surface area contributed by atoms with E-state index in [1.54, 1.807) is 6.20 Å². The minimum Gasteiger partial charge on any atom is -0.376 e. The average Bonchev–Trinajstić information content (AvgIpc) is 3.10. The molecule has 1 saturated heterocycles. The number of nitrogens with zero attached hydrogens (tertiary/aromatic N) is 2. The van der Waals surface area contributed by atoms with Crippen molar-refractivity contribution in [1.29, 1.82) is 0 Å². The molecule has 2 N–H and O–H groups in total. The van der Waals surface area contributed by atoms with Gasteiger partial charge in [-0.1, -0.05) is 17.7 Å². The number of hydrogen-bond donors (Lipinski definition) is 2. The maximum Gasteiger partial charge on any atom is 0.271 e. The van der Waals surface area contributed by atoms with Crippen LogP contribution in [-0.4, -0.2) is 35.1 Å². The Morgan fingerprint density at radius 1 is 1.20 bits per heavy atom. The van der Waals surface area contributed by atoms with E-state index in [-0.39, 0.29) is 12.0 Å². The van der Waals surface area contributed by atoms with Gasteiger partial charge in [-0.2, -0.15) is 0 Å². The molecule has 0 bridgehead atoms. The first-order valence-electron chi connectivity index (χ1n) is 8.59. The number of amides is 1. The van der Waals surface area contributed by atoms with Crippen molar-refractivity contribution < 1.29 is 9.53 Å². The van der Waals surface area contributed by atoms with Gasteiger partial charge in [0.1, 0.15) is 11.5 Å². The SMILES string of the molecule is Cc1cc(C)c(Nc2cnc(C(=O)NCC3CCCO3)cn2)c(C)c1. The average molecular weight is 340 g/mol. The molecular weight excluding hydrogens is 316 g/mol. The van der Waals surface area contributed by atoms with Crippen LogP contribution >= 0.6 is 0 Å². The third kappa shape index (κ3) is 4.33. The molecule has 6 heteroatoms. The van der Waals surface area contributed by atoms with Gasteiger partial charge in [0.2, 0.25) is 0 Å². The lowest BCUT2D eigenvalue weighted by atomic mass is 10.1. The number of benzene rings is 1. The van der Waals surface area contributed by atoms with Crippen molar-refractivity contribution in [2.24, 2.45) is 0 Å². The second-order valence-corrected chi connectivity index (χ2v) is 6.53. The van der Waals surface area contributed by atoms with Gasteiger partial charge in [-0.15, -0.1) is 0 Å². The molecule has 1 aromatic heterocycles. The van der Waals surface area contributed by atoms with Crippen LogP contribution in [-0.2, 0) is 4.74 Å². The molecular formula is C19H24N4O2. The summed E-state index contributed by atoms with van der Waals surface area (Å²) in [6.45, 7) is 7.49. The van der Waals surface area contributed by atoms with E-state index in [0.29, 0.717) is 18.1 Å². The van der Waals surface area contributed by atoms with Gasteiger partial charge < -0.3 is 15.4 Å². The second kappa shape index (κ2) is 7.61. The normalized spacial score (nSPS) is 16.7. The van der Waals surface area contributed by atoms with E-state index in [4.69, 9.17) is 4.74 Å². The van der Waals surface area contributed by atoms with Crippen molar-refractivity contribution in [2.45, 2.75) is 39.7 Å². The minimum absolute atomic E-state index is 0.116. The summed E-state index contributed by atoms with van der Waals surface area (Å²) in [6, 6.07) is 4.24. The summed E-state index contributed by atoms with van der Waals surface area (Å²) in [4.78, 5) is 20.7. The lowest BCUT2D eigenvalue weighted by Gasteiger charge is -2.13. The Hall–Kier alpha value is -2.47. The summed E-state index contributed by atoms with van der Waals surface area (Å²) in [5.41, 5.74) is 4.86. The smallest absolute Gasteiger partial charge is 0.271 e. The fourth-order valence-electron chi connectivity index (χ4n) is 3.12. The Kier molecular flexibility index (Phi) is 5.28. The van der Waals surface area contributed by atoms with Crippen LogP contribution in [0.2, 0.25) is 0 Å². The molecule has 1 aliphatic heterocycles. The number of ether oxygens (including phenoxy) is 1. The molecule has 1 unspecified atom stereocenters. The molecule has 2 heterocycles. The number of hydrogen-bond acceptors (Lipinski definition) is 5. The Balaban J connectivity index is 1.63. The maximum atomic E-state index is 12.1. The van der Waals surface area contributed by atoms with Crippen molar-refractivity contribution in [3.8, 4) is 0 Å². The first-order valence-corrected chi connectivity index (χ1v) is 8.59. The number of carbonyl (C=O) groups is 1. The molecule has 2 aromatic rings. The molecule has 1 amide bonds. The Bertz CT molecular complexity index is 730. The number of aromatic nitrogens is 2. The molecule has 25 heavy (non-hydrogen) atoms. The van der Waals surface area contributed by atoms with E-state index >= 15 is 0 Å². The van der Waals surface area contributed by atoms with Crippen LogP contribution < -0.4 is 10.6 Å². The van der Waals surface area contributed by atoms with E-state index < -0.39 is 0 Å². The van der Waals surface area contributed by atoms with Crippen LogP contribution in [0.4, 0.5) is 11.5 Å². The van der Waals surface area contributed by atoms with Crippen molar-refractivity contribution in [3.63, 3.8) is 0 Å². The molecule has 3 rings (SSSR count). The fraction of sp³-hybridized carbons (Fsp3) is 0.421. The largest absolute Gasteiger partial charge is 0.376 e. The van der Waals surface area contributed by atoms with Gasteiger partial charge in [0.25, 0.3) is 5.91 Å². The minimum atomic E-state index is -0.225. The molecule has 0 aliphatic carbocycles. The Morgan fingerprint density at radius 3 is 2.56 bits per heavy atom. The van der Waals surface area contributed by atoms with Gasteiger partial charge >= 0.3 is 0 Å². The zero-order chi connectivity index (χ0) is 17.8. The third-order valence-corrected chi connectivity index (χ3v) is 4.33. The topological polar surface area (TPSA) is 76.1 Å². The molecule has 0 saturated carbocycles. The summed E-state index contributed by atoms with van der Waals surface area (Å²) in [5, 5.41) is 6.13. The number of carbonyl (C=O) groups excluding carboxylic acids is 1. The van der Waals surface area contributed by atoms with Gasteiger partial charge in [-0.3, -0.25) is 4.79 Å². The van der Waals surface area contributed by atoms with Crippen LogP contribution in [0.25, 0.3) is 0 Å². The van der Waals surface area contributed by atoms with E-state index in [0.717, 1.165) is 36.3 Å². The van der Waals surface area contributed by atoms with Crippen LogP contribution in [0.15, 0.2) is 24.5 Å². The monoisotopic (exact) mass is 340 g/mol. The highest BCUT2D eigenvalue weighted by molar-refractivity contribution is 5.92. The molecule has 1 fully saturated rings. The standard InChI is InChI=1S/C19H24N4O2/c1-12-7-13(2)18(14(3)8-12)23-17-11-20-16(10-21-17)19(24)22-9-15-5-4-6-25-15/h7-8,10-11,15H,4-6,9H2,1-3H3,(H,21,23)(H,22,24). The molecule has 1 aliphatic rings. The first kappa shape index (κ1) is 17.4. The fourth-order valence-corrected chi connectivity index (χ4v) is 3.12. The summed E-state index contributed by atoms with van der Waals surface area (Å²) < 4.78 is 5.49. The predicted molar refractivity (Wildman–Crippen MR) is 97.3 cm³/mol. The maximum absolute atomic E-state index is 12.1. The van der Waals surface area contributed by atoms with Gasteiger partial charge in [-0.25, -0.2) is 9.97 Å². The molecule has 1 atom stereocenters. The highest BCUT2D eigenvalue weighted by Crippen LogP contribution is 2.24. The number of aryl methyl sites for hydroxylation is 3. The van der Waals surface area contributed by atoms with Crippen molar-refractivity contribution in [1.82, 2.24) is 15.3 Å². The van der Waals surface area contributed by atoms with Gasteiger partial charge in [0.15, 0.2) is 0 Å². The molecule has 132 valence electrons. The Morgan fingerprint density at radius 2 is 1.96 bits per heavy atom. The second-order valence-electron chi connectivity index (χ2n) is 6.53. The zero-order valence-electron chi connectivity index (χ0n) is 14.9. The summed E-state index contributed by atoms with van der Waals surface area (Å²) in [5.74, 6) is 0.392. The lowest BCUT2D eigenvalue weighted by Crippen LogP contribution is -2.32. The summed E-state index contributed by atoms with van der Waals surface area (Å²) in [7, 11) is 0. The Labute approximate surface area is 148 Å². The van der Waals surface area contributed by atoms with Gasteiger partial charge in [0.05, 0.1) is 18.5 Å². The number of nitrogens with one attached hydrogen (secondary N) is 2. The van der Waals surface area contributed by atoms with Gasteiger partial charge in [-0.05, 0) is 44.7 Å². The molecule has 6 nitrogen and oxygen atoms in total. The van der Waals surface area contributed by atoms with E-state index in [2.05, 4.69) is 53.5 Å². The molecule has 1 aromatic carbocycles. The van der Waals surface area contributed by atoms with Crippen LogP contribution in [0, 0.1) is 20.8 Å². The van der Waals surface area contributed by atoms with Crippen LogP contribution in [0.5, 0.6) is 0 Å². The van der Waals surface area contributed by atoms with Crippen molar-refractivity contribution in [2.75, 3.05) is 18.5 Å². The lowest BCUT2D eigenvalue weighted by molar-refractivity contribution is 0.0853. The number of rotatable bonds is 5. The van der Waals surface area contributed by atoms with Gasteiger partial charge in [0, 0.05) is 18.8 Å². The van der Waals surface area contributed by atoms with Crippen LogP contribution in [0.1, 0.15) is 40.0 Å². The first-order chi connectivity index (χ1) is 12.0. The van der Waals surface area contributed by atoms with E-state index in [9.17, 15) is 4.79 Å².